The van der Waals surface area contributed by atoms with Gasteiger partial charge in [0.1, 0.15) is 0 Å². The predicted octanol–water partition coefficient (Wildman–Crippen LogP) is 1.23. The number of Topliss-reactive ketones (excluding diaryl/α,β-unsaturated/α-hetero) is 1. The summed E-state index contributed by atoms with van der Waals surface area (Å²) in [5, 5.41) is 24.5. The van der Waals surface area contributed by atoms with E-state index in [9.17, 15) is 24.8 Å². The third-order valence-corrected chi connectivity index (χ3v) is 4.99. The minimum Gasteiger partial charge on any atom is -0.872 e. The number of H-pyrrole nitrogens is 1. The molecular weight excluding hydrogens is 400 g/mol. The molecule has 1 aliphatic rings. The molecule has 0 radical (unpaired) electrons. The summed E-state index contributed by atoms with van der Waals surface area (Å²) in [5.41, 5.74) is 0.781. The lowest BCUT2D eigenvalue weighted by Crippen LogP contribution is -2.29. The molecule has 3 heterocycles. The third kappa shape index (κ3) is 3.76. The highest BCUT2D eigenvalue weighted by Crippen LogP contribution is 2.40. The van der Waals surface area contributed by atoms with Crippen LogP contribution in [0.3, 0.4) is 0 Å². The molecule has 4 rings (SSSR count). The topological polar surface area (TPSA) is 131 Å². The van der Waals surface area contributed by atoms with Crippen molar-refractivity contribution in [2.24, 2.45) is 0 Å². The quantitative estimate of drug-likeness (QED) is 0.202. The van der Waals surface area contributed by atoms with Crippen LogP contribution in [0.2, 0.25) is 0 Å². The summed E-state index contributed by atoms with van der Waals surface area (Å²) in [6.45, 7) is 0.0440. The van der Waals surface area contributed by atoms with Crippen molar-refractivity contribution >= 4 is 23.1 Å². The number of benzene rings is 1. The minimum absolute atomic E-state index is 0.0440. The number of nitro groups is 1. The van der Waals surface area contributed by atoms with E-state index in [-0.39, 0.29) is 23.4 Å². The Bertz CT molecular complexity index is 1190. The summed E-state index contributed by atoms with van der Waals surface area (Å²) in [6, 6.07) is 11.0. The molecule has 31 heavy (non-hydrogen) atoms. The Morgan fingerprint density at radius 2 is 1.90 bits per heavy atom. The van der Waals surface area contributed by atoms with E-state index in [0.29, 0.717) is 11.1 Å². The Morgan fingerprint density at radius 1 is 1.13 bits per heavy atom. The number of carbonyl (C=O) groups is 2. The van der Waals surface area contributed by atoms with E-state index in [4.69, 9.17) is 0 Å². The normalized spacial score (nSPS) is 17.7. The number of rotatable bonds is 5. The highest BCUT2D eigenvalue weighted by atomic mass is 16.6. The molecule has 1 amide bonds. The number of carbonyl (C=O) groups excluding carboxylic acids is 2. The number of nitrogens with one attached hydrogen (secondary N) is 1. The first-order chi connectivity index (χ1) is 15.0. The number of hydrogen-bond acceptors (Lipinski definition) is 6. The fourth-order valence-corrected chi connectivity index (χ4v) is 3.57. The van der Waals surface area contributed by atoms with Gasteiger partial charge < -0.3 is 10.0 Å². The van der Waals surface area contributed by atoms with E-state index < -0.39 is 28.4 Å². The van der Waals surface area contributed by atoms with E-state index in [1.165, 1.54) is 47.6 Å². The first kappa shape index (κ1) is 19.9. The number of likely N-dealkylation sites (tertiary alicyclic amines) is 1. The number of nitro benzene ring substituents is 1. The molecule has 0 saturated carbocycles. The number of non-ortho nitro benzene ring substituents is 1. The molecule has 2 aromatic heterocycles. The molecule has 0 aliphatic carbocycles. The molecule has 1 fully saturated rings. The Kier molecular flexibility index (Phi) is 5.23. The summed E-state index contributed by atoms with van der Waals surface area (Å²) in [5.74, 6) is -2.37. The van der Waals surface area contributed by atoms with E-state index >= 15 is 0 Å². The zero-order chi connectivity index (χ0) is 22.0. The van der Waals surface area contributed by atoms with E-state index in [1.807, 2.05) is 0 Å². The second-order valence-corrected chi connectivity index (χ2v) is 6.91. The number of aromatic amines is 1. The summed E-state index contributed by atoms with van der Waals surface area (Å²) in [4.78, 5) is 44.6. The lowest BCUT2D eigenvalue weighted by Gasteiger charge is -2.27. The van der Waals surface area contributed by atoms with Crippen molar-refractivity contribution in [3.05, 3.63) is 106 Å². The van der Waals surface area contributed by atoms with Crippen LogP contribution in [0.25, 0.3) is 5.76 Å². The molecule has 1 N–H and O–H groups in total. The molecule has 0 bridgehead atoms. The molecule has 1 saturated heterocycles. The van der Waals surface area contributed by atoms with Crippen molar-refractivity contribution in [1.29, 1.82) is 0 Å². The van der Waals surface area contributed by atoms with Gasteiger partial charge in [-0.25, -0.2) is 4.98 Å². The second-order valence-electron chi connectivity index (χ2n) is 6.91. The van der Waals surface area contributed by atoms with Gasteiger partial charge in [0, 0.05) is 41.7 Å². The van der Waals surface area contributed by atoms with Crippen LogP contribution in [0.4, 0.5) is 5.69 Å². The van der Waals surface area contributed by atoms with Gasteiger partial charge in [0.25, 0.3) is 11.6 Å². The maximum atomic E-state index is 13.2. The summed E-state index contributed by atoms with van der Waals surface area (Å²) >= 11 is 0. The molecule has 9 nitrogen and oxygen atoms in total. The number of nitrogens with zero attached hydrogens (tertiary/aromatic N) is 3. The minimum atomic E-state index is -1.05. The van der Waals surface area contributed by atoms with Crippen LogP contribution >= 0.6 is 0 Å². The van der Waals surface area contributed by atoms with E-state index in [0.717, 1.165) is 0 Å². The first-order valence-corrected chi connectivity index (χ1v) is 9.33. The Hall–Kier alpha value is -4.40. The zero-order valence-corrected chi connectivity index (χ0v) is 16.1. The summed E-state index contributed by atoms with van der Waals surface area (Å²) in [7, 11) is 0. The molecule has 1 unspecified atom stereocenters. The largest absolute Gasteiger partial charge is 0.872 e. The summed E-state index contributed by atoms with van der Waals surface area (Å²) in [6.07, 6.45) is 6.19. The van der Waals surface area contributed by atoms with Gasteiger partial charge in [0.05, 0.1) is 17.5 Å². The molecule has 3 aromatic rings. The van der Waals surface area contributed by atoms with E-state index in [2.05, 4.69) is 9.97 Å². The number of aromatic nitrogens is 2. The second kappa shape index (κ2) is 8.15. The Labute approximate surface area is 176 Å². The van der Waals surface area contributed by atoms with Crippen molar-refractivity contribution in [2.75, 3.05) is 0 Å². The maximum Gasteiger partial charge on any atom is 0.295 e. The monoisotopic (exact) mass is 416 g/mol. The number of hydrogen-bond donors (Lipinski definition) is 0. The Balaban J connectivity index is 1.89. The van der Waals surface area contributed by atoms with Crippen LogP contribution in [0.15, 0.2) is 78.9 Å². The summed E-state index contributed by atoms with van der Waals surface area (Å²) < 4.78 is 0. The average molecular weight is 416 g/mol. The molecule has 1 aromatic carbocycles. The lowest BCUT2D eigenvalue weighted by atomic mass is 9.95. The molecule has 9 heteroatoms. The van der Waals surface area contributed by atoms with Crippen molar-refractivity contribution in [1.82, 2.24) is 9.88 Å². The predicted molar refractivity (Wildman–Crippen MR) is 106 cm³/mol. The number of amides is 1. The van der Waals surface area contributed by atoms with Gasteiger partial charge in [-0.3, -0.25) is 24.7 Å². The van der Waals surface area contributed by atoms with Gasteiger partial charge in [-0.15, -0.1) is 0 Å². The average Bonchev–Trinajstić information content (AvgIpc) is 3.05. The van der Waals surface area contributed by atoms with Gasteiger partial charge >= 0.3 is 0 Å². The number of ketones is 1. The van der Waals surface area contributed by atoms with Crippen LogP contribution in [-0.4, -0.2) is 26.5 Å². The Morgan fingerprint density at radius 3 is 2.58 bits per heavy atom. The lowest BCUT2D eigenvalue weighted by molar-refractivity contribution is -0.385. The van der Waals surface area contributed by atoms with Crippen molar-refractivity contribution < 1.29 is 24.6 Å². The van der Waals surface area contributed by atoms with Crippen LogP contribution in [0, 0.1) is 10.1 Å². The fourth-order valence-electron chi connectivity index (χ4n) is 3.57. The maximum absolute atomic E-state index is 13.2. The van der Waals surface area contributed by atoms with Gasteiger partial charge in [0.15, 0.2) is 12.4 Å². The standard InChI is InChI=1S/C22H16N4O5/c27-20(15-6-9-23-10-7-15)18-19(16-4-1-5-17(11-16)26(30)31)25(22(29)21(18)28)13-14-3-2-8-24-12-14/h1-12,19,27H,13H2. The van der Waals surface area contributed by atoms with Crippen molar-refractivity contribution in [3.8, 4) is 0 Å². The van der Waals surface area contributed by atoms with Crippen LogP contribution < -0.4 is 10.1 Å². The highest BCUT2D eigenvalue weighted by Gasteiger charge is 2.44. The molecular formula is C22H16N4O5. The molecule has 1 atom stereocenters. The van der Waals surface area contributed by atoms with Crippen molar-refractivity contribution in [3.63, 3.8) is 0 Å². The van der Waals surface area contributed by atoms with Gasteiger partial charge in [-0.1, -0.05) is 17.9 Å². The van der Waals surface area contributed by atoms with Crippen molar-refractivity contribution in [2.45, 2.75) is 12.6 Å². The fraction of sp³-hybridized carbons (Fsp3) is 0.0909. The highest BCUT2D eigenvalue weighted by molar-refractivity contribution is 6.46. The van der Waals surface area contributed by atoms with Crippen LogP contribution in [0.1, 0.15) is 22.7 Å². The smallest absolute Gasteiger partial charge is 0.295 e. The number of pyridine rings is 2. The zero-order valence-electron chi connectivity index (χ0n) is 16.1. The molecule has 154 valence electrons. The van der Waals surface area contributed by atoms with Crippen LogP contribution in [0.5, 0.6) is 0 Å². The van der Waals surface area contributed by atoms with Crippen LogP contribution in [-0.2, 0) is 16.1 Å². The molecule has 0 spiro atoms. The first-order valence-electron chi connectivity index (χ1n) is 9.33. The van der Waals surface area contributed by atoms with E-state index in [1.54, 1.807) is 30.6 Å². The third-order valence-electron chi connectivity index (χ3n) is 4.99. The SMILES string of the molecule is O=C1C(=O)N(Cc2ccc[nH+]c2)C(c2cccc([N+](=O)[O-])c2)C1=C([O-])c1ccncc1. The molecule has 1 aliphatic heterocycles. The van der Waals surface area contributed by atoms with Gasteiger partial charge in [-0.05, 0) is 29.3 Å². The van der Waals surface area contributed by atoms with Gasteiger partial charge in [0.2, 0.25) is 5.78 Å². The van der Waals surface area contributed by atoms with Gasteiger partial charge in [-0.2, -0.15) is 0 Å².